The summed E-state index contributed by atoms with van der Waals surface area (Å²) in [6, 6.07) is 11.5. The smallest absolute Gasteiger partial charge is 0.133 e. The highest BCUT2D eigenvalue weighted by atomic mass is 16.3. The molecule has 0 aliphatic heterocycles. The van der Waals surface area contributed by atoms with Crippen molar-refractivity contribution in [3.05, 3.63) is 71.8 Å². The predicted molar refractivity (Wildman–Crippen MR) is 75.1 cm³/mol. The lowest BCUT2D eigenvalue weighted by molar-refractivity contribution is 0.206. The lowest BCUT2D eigenvalue weighted by atomic mass is 10.1. The maximum absolute atomic E-state index is 10.5. The van der Waals surface area contributed by atoms with E-state index in [1.54, 1.807) is 21.8 Å². The Morgan fingerprint density at radius 1 is 1.10 bits per heavy atom. The molecule has 1 N–H and O–H groups in total. The number of aliphatic hydroxyl groups excluding tert-OH is 1. The topological polar surface area (TPSA) is 55.9 Å². The van der Waals surface area contributed by atoms with Crippen LogP contribution in [0.3, 0.4) is 0 Å². The summed E-state index contributed by atoms with van der Waals surface area (Å²) in [7, 11) is 0. The highest BCUT2D eigenvalue weighted by Crippen LogP contribution is 2.21. The molecule has 2 heterocycles. The third-order valence-corrected chi connectivity index (χ3v) is 3.26. The van der Waals surface area contributed by atoms with E-state index in [-0.39, 0.29) is 0 Å². The molecular formula is C15H16N4O. The van der Waals surface area contributed by atoms with Crippen molar-refractivity contribution >= 4 is 0 Å². The average molecular weight is 268 g/mol. The Bertz CT molecular complexity index is 670. The first-order chi connectivity index (χ1) is 9.74. The number of nitrogens with zero attached hydrogens (tertiary/aromatic N) is 4. The quantitative estimate of drug-likeness (QED) is 0.787. The molecule has 2 aromatic heterocycles. The Morgan fingerprint density at radius 3 is 2.60 bits per heavy atom. The number of aliphatic hydroxyl groups is 1. The molecule has 0 aliphatic carbocycles. The summed E-state index contributed by atoms with van der Waals surface area (Å²) in [5, 5.41) is 18.9. The fourth-order valence-electron chi connectivity index (χ4n) is 2.13. The van der Waals surface area contributed by atoms with Crippen LogP contribution in [-0.2, 0) is 6.67 Å². The van der Waals surface area contributed by atoms with Crippen molar-refractivity contribution < 1.29 is 5.11 Å². The molecule has 0 aliphatic rings. The van der Waals surface area contributed by atoms with Gasteiger partial charge in [0, 0.05) is 18.6 Å². The fourth-order valence-corrected chi connectivity index (χ4v) is 2.13. The molecule has 0 fully saturated rings. The minimum absolute atomic E-state index is 0.484. The molecule has 5 heteroatoms. The van der Waals surface area contributed by atoms with Crippen LogP contribution in [0.5, 0.6) is 0 Å². The largest absolute Gasteiger partial charge is 0.382 e. The maximum atomic E-state index is 10.5. The summed E-state index contributed by atoms with van der Waals surface area (Å²) in [5.74, 6) is 0. The van der Waals surface area contributed by atoms with Gasteiger partial charge < -0.3 is 5.11 Å². The third-order valence-electron chi connectivity index (χ3n) is 3.26. The van der Waals surface area contributed by atoms with Crippen molar-refractivity contribution in [3.63, 3.8) is 0 Å². The Labute approximate surface area is 117 Å². The monoisotopic (exact) mass is 268 g/mol. The van der Waals surface area contributed by atoms with Gasteiger partial charge in [-0.05, 0) is 24.6 Å². The van der Waals surface area contributed by atoms with E-state index in [0.717, 1.165) is 11.3 Å². The van der Waals surface area contributed by atoms with Crippen LogP contribution in [0.1, 0.15) is 22.9 Å². The van der Waals surface area contributed by atoms with Crippen LogP contribution < -0.4 is 0 Å². The molecule has 0 amide bonds. The van der Waals surface area contributed by atoms with E-state index >= 15 is 0 Å². The van der Waals surface area contributed by atoms with Gasteiger partial charge in [0.2, 0.25) is 0 Å². The van der Waals surface area contributed by atoms with Gasteiger partial charge in [0.1, 0.15) is 12.8 Å². The first kappa shape index (κ1) is 12.6. The van der Waals surface area contributed by atoms with Crippen LogP contribution in [0.2, 0.25) is 0 Å². The first-order valence-corrected chi connectivity index (χ1v) is 6.48. The molecule has 5 nitrogen and oxygen atoms in total. The highest BCUT2D eigenvalue weighted by molar-refractivity contribution is 5.28. The van der Waals surface area contributed by atoms with Gasteiger partial charge in [0.05, 0.1) is 5.69 Å². The second-order valence-corrected chi connectivity index (χ2v) is 4.76. The zero-order valence-corrected chi connectivity index (χ0v) is 11.2. The molecule has 0 bridgehead atoms. The Morgan fingerprint density at radius 2 is 1.90 bits per heavy atom. The molecule has 20 heavy (non-hydrogen) atoms. The van der Waals surface area contributed by atoms with Gasteiger partial charge in [0.15, 0.2) is 0 Å². The average Bonchev–Trinajstić information content (AvgIpc) is 3.11. The van der Waals surface area contributed by atoms with Gasteiger partial charge in [-0.15, -0.1) is 0 Å². The summed E-state index contributed by atoms with van der Waals surface area (Å²) in [5.41, 5.74) is 2.79. The molecule has 102 valence electrons. The third kappa shape index (κ3) is 2.48. The molecule has 0 radical (unpaired) electrons. The summed E-state index contributed by atoms with van der Waals surface area (Å²) < 4.78 is 3.51. The molecule has 0 saturated heterocycles. The number of hydrogen-bond donors (Lipinski definition) is 1. The minimum Gasteiger partial charge on any atom is -0.382 e. The Hall–Kier alpha value is -2.40. The van der Waals surface area contributed by atoms with Crippen molar-refractivity contribution in [2.45, 2.75) is 19.7 Å². The number of aryl methyl sites for hydroxylation is 1. The highest BCUT2D eigenvalue weighted by Gasteiger charge is 2.15. The van der Waals surface area contributed by atoms with Gasteiger partial charge in [-0.3, -0.25) is 4.68 Å². The summed E-state index contributed by atoms with van der Waals surface area (Å²) >= 11 is 0. The van der Waals surface area contributed by atoms with E-state index in [4.69, 9.17) is 0 Å². The second-order valence-electron chi connectivity index (χ2n) is 4.76. The molecule has 3 aromatic rings. The second kappa shape index (κ2) is 5.30. The lowest BCUT2D eigenvalue weighted by Gasteiger charge is -2.14. The van der Waals surface area contributed by atoms with E-state index in [1.807, 2.05) is 49.5 Å². The zero-order chi connectivity index (χ0) is 13.9. The summed E-state index contributed by atoms with van der Waals surface area (Å²) in [6.07, 6.45) is 4.59. The lowest BCUT2D eigenvalue weighted by Crippen LogP contribution is -2.15. The van der Waals surface area contributed by atoms with E-state index in [1.165, 1.54) is 5.56 Å². The van der Waals surface area contributed by atoms with Crippen LogP contribution in [0, 0.1) is 6.92 Å². The van der Waals surface area contributed by atoms with E-state index in [2.05, 4.69) is 10.2 Å². The zero-order valence-electron chi connectivity index (χ0n) is 11.2. The Balaban J connectivity index is 1.87. The summed E-state index contributed by atoms with van der Waals surface area (Å²) in [6.45, 7) is 2.51. The van der Waals surface area contributed by atoms with Crippen LogP contribution >= 0.6 is 0 Å². The normalized spacial score (nSPS) is 12.5. The van der Waals surface area contributed by atoms with Crippen molar-refractivity contribution in [1.82, 2.24) is 19.6 Å². The first-order valence-electron chi connectivity index (χ1n) is 6.48. The number of rotatable bonds is 4. The standard InChI is InChI=1S/C15H16N4O/c1-12-3-5-13(6-4-12)15(20)14-7-9-17-19(14)11-18-10-2-8-16-18/h2-10,15,20H,11H2,1H3. The van der Waals surface area contributed by atoms with Gasteiger partial charge >= 0.3 is 0 Å². The molecule has 1 atom stereocenters. The van der Waals surface area contributed by atoms with Crippen LogP contribution in [0.4, 0.5) is 0 Å². The van der Waals surface area contributed by atoms with Crippen LogP contribution in [-0.4, -0.2) is 24.7 Å². The maximum Gasteiger partial charge on any atom is 0.133 e. The van der Waals surface area contributed by atoms with E-state index < -0.39 is 6.10 Å². The van der Waals surface area contributed by atoms with Crippen LogP contribution in [0.15, 0.2) is 55.0 Å². The number of hydrogen-bond acceptors (Lipinski definition) is 3. The molecule has 0 spiro atoms. The van der Waals surface area contributed by atoms with Gasteiger partial charge in [-0.1, -0.05) is 29.8 Å². The van der Waals surface area contributed by atoms with Crippen LogP contribution in [0.25, 0.3) is 0 Å². The van der Waals surface area contributed by atoms with E-state index in [0.29, 0.717) is 6.67 Å². The minimum atomic E-state index is -0.686. The predicted octanol–water partition coefficient (Wildman–Crippen LogP) is 1.98. The SMILES string of the molecule is Cc1ccc(C(O)c2ccnn2Cn2cccn2)cc1. The van der Waals surface area contributed by atoms with Crippen molar-refractivity contribution in [1.29, 1.82) is 0 Å². The molecular weight excluding hydrogens is 252 g/mol. The number of benzene rings is 1. The molecule has 0 saturated carbocycles. The van der Waals surface area contributed by atoms with Crippen molar-refractivity contribution in [3.8, 4) is 0 Å². The van der Waals surface area contributed by atoms with E-state index in [9.17, 15) is 5.11 Å². The number of aromatic nitrogens is 4. The van der Waals surface area contributed by atoms with Gasteiger partial charge in [-0.25, -0.2) is 4.68 Å². The molecule has 1 unspecified atom stereocenters. The fraction of sp³-hybridized carbons (Fsp3) is 0.200. The molecule has 3 rings (SSSR count). The van der Waals surface area contributed by atoms with Crippen molar-refractivity contribution in [2.24, 2.45) is 0 Å². The Kier molecular flexibility index (Phi) is 3.35. The summed E-state index contributed by atoms with van der Waals surface area (Å²) in [4.78, 5) is 0. The molecule has 1 aromatic carbocycles. The van der Waals surface area contributed by atoms with Crippen molar-refractivity contribution in [2.75, 3.05) is 0 Å². The van der Waals surface area contributed by atoms with Gasteiger partial charge in [-0.2, -0.15) is 10.2 Å². The van der Waals surface area contributed by atoms with Gasteiger partial charge in [0.25, 0.3) is 0 Å².